The highest BCUT2D eigenvalue weighted by atomic mass is 16.5. The molecule has 0 bridgehead atoms. The fourth-order valence-corrected chi connectivity index (χ4v) is 2.23. The topological polar surface area (TPSA) is 76.4 Å². The van der Waals surface area contributed by atoms with Crippen LogP contribution >= 0.6 is 0 Å². The molecule has 106 valence electrons. The van der Waals surface area contributed by atoms with Gasteiger partial charge in [0, 0.05) is 25.6 Å². The summed E-state index contributed by atoms with van der Waals surface area (Å²) in [5.41, 5.74) is 0.337. The molecular weight excluding hydrogens is 246 g/mol. The molecule has 1 aromatic rings. The third-order valence-electron chi connectivity index (χ3n) is 3.19. The summed E-state index contributed by atoms with van der Waals surface area (Å²) in [6, 6.07) is -0.0472. The van der Waals surface area contributed by atoms with E-state index in [1.54, 1.807) is 7.11 Å². The number of amides is 1. The van der Waals surface area contributed by atoms with Gasteiger partial charge in [-0.25, -0.2) is 4.98 Å². The molecule has 19 heavy (non-hydrogen) atoms. The Labute approximate surface area is 112 Å². The molecule has 1 aliphatic heterocycles. The Bertz CT molecular complexity index is 413. The van der Waals surface area contributed by atoms with Crippen LogP contribution in [-0.4, -0.2) is 43.7 Å². The van der Waals surface area contributed by atoms with Crippen molar-refractivity contribution in [1.29, 1.82) is 0 Å². The van der Waals surface area contributed by atoms with E-state index in [2.05, 4.69) is 15.6 Å². The van der Waals surface area contributed by atoms with Crippen LogP contribution in [0.15, 0.2) is 10.7 Å². The molecule has 2 rings (SSSR count). The number of rotatable bonds is 5. The molecule has 6 nitrogen and oxygen atoms in total. The maximum atomic E-state index is 11.9. The van der Waals surface area contributed by atoms with Crippen LogP contribution in [0.4, 0.5) is 0 Å². The second-order valence-electron chi connectivity index (χ2n) is 4.94. The molecular formula is C13H21N3O3. The lowest BCUT2D eigenvalue weighted by Gasteiger charge is -2.19. The van der Waals surface area contributed by atoms with E-state index in [0.717, 1.165) is 25.9 Å². The van der Waals surface area contributed by atoms with Crippen LogP contribution < -0.4 is 10.6 Å². The highest BCUT2D eigenvalue weighted by Gasteiger charge is 2.22. The fraction of sp³-hybridized carbons (Fsp3) is 0.692. The molecule has 2 heterocycles. The number of hydrogen-bond donors (Lipinski definition) is 2. The van der Waals surface area contributed by atoms with Crippen molar-refractivity contribution >= 4 is 5.91 Å². The molecule has 2 unspecified atom stereocenters. The van der Waals surface area contributed by atoms with Crippen molar-refractivity contribution in [2.24, 2.45) is 0 Å². The molecule has 0 aliphatic carbocycles. The van der Waals surface area contributed by atoms with E-state index in [1.165, 1.54) is 6.26 Å². The van der Waals surface area contributed by atoms with Gasteiger partial charge in [-0.3, -0.25) is 4.79 Å². The largest absolute Gasteiger partial charge is 0.448 e. The van der Waals surface area contributed by atoms with Crippen molar-refractivity contribution in [3.8, 4) is 0 Å². The summed E-state index contributed by atoms with van der Waals surface area (Å²) in [4.78, 5) is 16.2. The minimum atomic E-state index is -0.219. The maximum absolute atomic E-state index is 11.9. The van der Waals surface area contributed by atoms with E-state index < -0.39 is 0 Å². The summed E-state index contributed by atoms with van der Waals surface area (Å²) >= 11 is 0. The zero-order chi connectivity index (χ0) is 13.7. The van der Waals surface area contributed by atoms with E-state index in [-0.39, 0.29) is 17.9 Å². The lowest BCUT2D eigenvalue weighted by Crippen LogP contribution is -2.35. The smallest absolute Gasteiger partial charge is 0.273 e. The van der Waals surface area contributed by atoms with Crippen molar-refractivity contribution < 1.29 is 13.9 Å². The molecule has 2 N–H and O–H groups in total. The Morgan fingerprint density at radius 2 is 2.58 bits per heavy atom. The lowest BCUT2D eigenvalue weighted by atomic mass is 10.00. The van der Waals surface area contributed by atoms with Gasteiger partial charge in [0.25, 0.3) is 5.91 Å². The van der Waals surface area contributed by atoms with Gasteiger partial charge in [-0.15, -0.1) is 0 Å². The molecule has 0 spiro atoms. The molecule has 1 aliphatic rings. The van der Waals surface area contributed by atoms with Gasteiger partial charge >= 0.3 is 0 Å². The number of nitrogens with zero attached hydrogens (tertiary/aromatic N) is 1. The normalized spacial score (nSPS) is 21.1. The predicted octanol–water partition coefficient (Wildman–Crippen LogP) is 0.906. The SMILES string of the molecule is COCC(C)NC(=O)c1coc(C2CCCNC2)n1. The molecule has 1 amide bonds. The van der Waals surface area contributed by atoms with Crippen molar-refractivity contribution in [1.82, 2.24) is 15.6 Å². The maximum Gasteiger partial charge on any atom is 0.273 e. The Hall–Kier alpha value is -1.40. The Morgan fingerprint density at radius 1 is 1.74 bits per heavy atom. The molecule has 0 saturated carbocycles. The first-order chi connectivity index (χ1) is 9.20. The van der Waals surface area contributed by atoms with E-state index in [1.807, 2.05) is 6.92 Å². The summed E-state index contributed by atoms with van der Waals surface area (Å²) in [6.45, 7) is 4.26. The van der Waals surface area contributed by atoms with Crippen LogP contribution in [0.3, 0.4) is 0 Å². The van der Waals surface area contributed by atoms with Gasteiger partial charge in [0.2, 0.25) is 0 Å². The zero-order valence-corrected chi connectivity index (χ0v) is 11.4. The Balaban J connectivity index is 1.94. The molecule has 0 aromatic carbocycles. The number of methoxy groups -OCH3 is 1. The van der Waals surface area contributed by atoms with E-state index in [9.17, 15) is 4.79 Å². The van der Waals surface area contributed by atoms with Crippen LogP contribution in [0.1, 0.15) is 42.1 Å². The third-order valence-corrected chi connectivity index (χ3v) is 3.19. The molecule has 6 heteroatoms. The van der Waals surface area contributed by atoms with Crippen LogP contribution in [0.2, 0.25) is 0 Å². The van der Waals surface area contributed by atoms with Gasteiger partial charge in [0.05, 0.1) is 6.61 Å². The Kier molecular flexibility index (Phi) is 4.93. The summed E-state index contributed by atoms with van der Waals surface area (Å²) < 4.78 is 10.4. The average molecular weight is 267 g/mol. The summed E-state index contributed by atoms with van der Waals surface area (Å²) in [7, 11) is 1.60. The number of ether oxygens (including phenoxy) is 1. The predicted molar refractivity (Wildman–Crippen MR) is 70.2 cm³/mol. The number of aromatic nitrogens is 1. The van der Waals surface area contributed by atoms with E-state index in [4.69, 9.17) is 9.15 Å². The highest BCUT2D eigenvalue weighted by molar-refractivity contribution is 5.92. The number of carbonyl (C=O) groups is 1. The number of oxazole rings is 1. The van der Waals surface area contributed by atoms with Crippen molar-refractivity contribution in [3.63, 3.8) is 0 Å². The van der Waals surface area contributed by atoms with E-state index >= 15 is 0 Å². The summed E-state index contributed by atoms with van der Waals surface area (Å²) in [5.74, 6) is 0.701. The van der Waals surface area contributed by atoms with Gasteiger partial charge in [-0.05, 0) is 26.3 Å². The Morgan fingerprint density at radius 3 is 3.26 bits per heavy atom. The first-order valence-corrected chi connectivity index (χ1v) is 6.66. The van der Waals surface area contributed by atoms with Gasteiger partial charge in [0.15, 0.2) is 11.6 Å². The minimum Gasteiger partial charge on any atom is -0.448 e. The quantitative estimate of drug-likeness (QED) is 0.829. The number of carbonyl (C=O) groups excluding carboxylic acids is 1. The molecule has 1 saturated heterocycles. The number of piperidine rings is 1. The average Bonchev–Trinajstić information content (AvgIpc) is 2.89. The highest BCUT2D eigenvalue weighted by Crippen LogP contribution is 2.22. The van der Waals surface area contributed by atoms with Gasteiger partial charge < -0.3 is 19.8 Å². The van der Waals surface area contributed by atoms with Crippen LogP contribution in [0.5, 0.6) is 0 Å². The van der Waals surface area contributed by atoms with Crippen LogP contribution in [0.25, 0.3) is 0 Å². The molecule has 1 aromatic heterocycles. The second-order valence-corrected chi connectivity index (χ2v) is 4.94. The second kappa shape index (κ2) is 6.68. The molecule has 2 atom stereocenters. The van der Waals surface area contributed by atoms with Crippen molar-refractivity contribution in [2.75, 3.05) is 26.8 Å². The molecule has 1 fully saturated rings. The monoisotopic (exact) mass is 267 g/mol. The van der Waals surface area contributed by atoms with Crippen molar-refractivity contribution in [2.45, 2.75) is 31.7 Å². The minimum absolute atomic E-state index is 0.0472. The first kappa shape index (κ1) is 14.0. The number of hydrogen-bond acceptors (Lipinski definition) is 5. The third kappa shape index (κ3) is 3.78. The number of nitrogens with one attached hydrogen (secondary N) is 2. The summed E-state index contributed by atoms with van der Waals surface area (Å²) in [6.07, 6.45) is 3.59. The zero-order valence-electron chi connectivity index (χ0n) is 11.4. The van der Waals surface area contributed by atoms with Crippen LogP contribution in [0, 0.1) is 0 Å². The van der Waals surface area contributed by atoms with Crippen LogP contribution in [-0.2, 0) is 4.74 Å². The van der Waals surface area contributed by atoms with Gasteiger partial charge in [-0.2, -0.15) is 0 Å². The van der Waals surface area contributed by atoms with E-state index in [0.29, 0.717) is 18.2 Å². The first-order valence-electron chi connectivity index (χ1n) is 6.66. The van der Waals surface area contributed by atoms with Gasteiger partial charge in [0.1, 0.15) is 6.26 Å². The van der Waals surface area contributed by atoms with Crippen molar-refractivity contribution in [3.05, 3.63) is 17.8 Å². The fourth-order valence-electron chi connectivity index (χ4n) is 2.23. The summed E-state index contributed by atoms with van der Waals surface area (Å²) in [5, 5.41) is 6.11. The lowest BCUT2D eigenvalue weighted by molar-refractivity contribution is 0.0900. The molecule has 0 radical (unpaired) electrons. The van der Waals surface area contributed by atoms with Gasteiger partial charge in [-0.1, -0.05) is 0 Å². The standard InChI is InChI=1S/C13H21N3O3/c1-9(7-18-2)15-12(17)11-8-19-13(16-11)10-4-3-5-14-6-10/h8-10,14H,3-7H2,1-2H3,(H,15,17).